The molecule has 2 rings (SSSR count). The van der Waals surface area contributed by atoms with Crippen LogP contribution >= 0.6 is 0 Å². The third-order valence-corrected chi connectivity index (χ3v) is 4.19. The average Bonchev–Trinajstić information content (AvgIpc) is 2.66. The molecule has 0 N–H and O–H groups in total. The molecule has 1 fully saturated rings. The molecule has 6 nitrogen and oxygen atoms in total. The minimum Gasteiger partial charge on any atom is -0.493 e. The monoisotopic (exact) mass is 378 g/mol. The molecule has 0 saturated carbocycles. The van der Waals surface area contributed by atoms with Crippen LogP contribution in [0.3, 0.4) is 0 Å². The normalized spacial score (nSPS) is 16.7. The van der Waals surface area contributed by atoms with Crippen LogP contribution in [0.25, 0.3) is 0 Å². The second kappa shape index (κ2) is 12.5. The average molecular weight is 378 g/mol. The van der Waals surface area contributed by atoms with Crippen LogP contribution in [0.15, 0.2) is 24.3 Å². The highest BCUT2D eigenvalue weighted by molar-refractivity contribution is 5.94. The summed E-state index contributed by atoms with van der Waals surface area (Å²) in [5, 5.41) is 0. The van der Waals surface area contributed by atoms with Gasteiger partial charge in [-0.3, -0.25) is 9.59 Å². The van der Waals surface area contributed by atoms with Gasteiger partial charge < -0.3 is 18.9 Å². The second-order valence-corrected chi connectivity index (χ2v) is 6.72. The molecular weight excluding hydrogens is 348 g/mol. The predicted molar refractivity (Wildman–Crippen MR) is 101 cm³/mol. The summed E-state index contributed by atoms with van der Waals surface area (Å²) < 4.78 is 21.9. The maximum absolute atomic E-state index is 11.2. The van der Waals surface area contributed by atoms with E-state index in [0.29, 0.717) is 19.6 Å². The number of hydrogen-bond donors (Lipinski definition) is 0. The van der Waals surface area contributed by atoms with E-state index in [1.807, 2.05) is 12.1 Å². The lowest BCUT2D eigenvalue weighted by Gasteiger charge is -2.22. The summed E-state index contributed by atoms with van der Waals surface area (Å²) in [6.07, 6.45) is 5.66. The molecule has 1 aliphatic rings. The number of benzene rings is 1. The number of ketones is 1. The Hall–Kier alpha value is -1.92. The van der Waals surface area contributed by atoms with Gasteiger partial charge in [0, 0.05) is 13.0 Å². The molecular formula is C21H30O6. The first-order chi connectivity index (χ1) is 13.1. The van der Waals surface area contributed by atoms with Crippen LogP contribution in [0.1, 0.15) is 51.0 Å². The van der Waals surface area contributed by atoms with E-state index < -0.39 is 5.97 Å². The lowest BCUT2D eigenvalue weighted by molar-refractivity contribution is -0.162. The van der Waals surface area contributed by atoms with Crippen LogP contribution in [0.5, 0.6) is 5.75 Å². The Balaban J connectivity index is 1.52. The zero-order chi connectivity index (χ0) is 19.3. The van der Waals surface area contributed by atoms with Gasteiger partial charge >= 0.3 is 5.97 Å². The summed E-state index contributed by atoms with van der Waals surface area (Å²) in [5.74, 6) is 0.122. The molecule has 0 amide bonds. The van der Waals surface area contributed by atoms with Crippen molar-refractivity contribution in [2.45, 2.75) is 58.2 Å². The van der Waals surface area contributed by atoms with Crippen LogP contribution in [0.4, 0.5) is 0 Å². The van der Waals surface area contributed by atoms with Gasteiger partial charge in [-0.2, -0.15) is 0 Å². The molecule has 0 aromatic heterocycles. The molecule has 27 heavy (non-hydrogen) atoms. The smallest absolute Gasteiger partial charge is 0.313 e. The van der Waals surface area contributed by atoms with Crippen molar-refractivity contribution >= 4 is 11.8 Å². The quantitative estimate of drug-likeness (QED) is 0.315. The molecule has 0 bridgehead atoms. The van der Waals surface area contributed by atoms with E-state index in [1.54, 1.807) is 0 Å². The predicted octanol–water partition coefficient (Wildman–Crippen LogP) is 3.45. The van der Waals surface area contributed by atoms with Crippen molar-refractivity contribution in [3.05, 3.63) is 29.8 Å². The number of ether oxygens (including phenoxy) is 4. The van der Waals surface area contributed by atoms with Gasteiger partial charge in [0.15, 0.2) is 6.29 Å². The molecule has 6 heteroatoms. The number of aryl methyl sites for hydroxylation is 1. The summed E-state index contributed by atoms with van der Waals surface area (Å²) in [5.41, 5.74) is 1.24. The highest BCUT2D eigenvalue weighted by Crippen LogP contribution is 2.16. The number of esters is 1. The van der Waals surface area contributed by atoms with Gasteiger partial charge in [0.05, 0.1) is 19.8 Å². The fourth-order valence-electron chi connectivity index (χ4n) is 2.78. The Morgan fingerprint density at radius 1 is 1.07 bits per heavy atom. The van der Waals surface area contributed by atoms with Gasteiger partial charge in [0.2, 0.25) is 0 Å². The maximum Gasteiger partial charge on any atom is 0.313 e. The van der Waals surface area contributed by atoms with Gasteiger partial charge in [-0.25, -0.2) is 0 Å². The van der Waals surface area contributed by atoms with Gasteiger partial charge in [0.25, 0.3) is 0 Å². The lowest BCUT2D eigenvalue weighted by Crippen LogP contribution is -2.22. The zero-order valence-corrected chi connectivity index (χ0v) is 16.1. The fraction of sp³-hybridized carbons (Fsp3) is 0.619. The van der Waals surface area contributed by atoms with E-state index in [1.165, 1.54) is 18.9 Å². The number of carbonyl (C=O) groups is 2. The van der Waals surface area contributed by atoms with Gasteiger partial charge in [-0.15, -0.1) is 0 Å². The first-order valence-corrected chi connectivity index (χ1v) is 9.73. The summed E-state index contributed by atoms with van der Waals surface area (Å²) >= 11 is 0. The molecule has 1 aliphatic heterocycles. The molecule has 0 aliphatic carbocycles. The Morgan fingerprint density at radius 2 is 1.89 bits per heavy atom. The van der Waals surface area contributed by atoms with Crippen molar-refractivity contribution in [2.24, 2.45) is 0 Å². The van der Waals surface area contributed by atoms with Crippen LogP contribution in [-0.2, 0) is 30.2 Å². The van der Waals surface area contributed by atoms with E-state index in [9.17, 15) is 9.59 Å². The highest BCUT2D eigenvalue weighted by atomic mass is 16.7. The third kappa shape index (κ3) is 9.54. The minimum atomic E-state index is -0.481. The van der Waals surface area contributed by atoms with Crippen LogP contribution in [0, 0.1) is 0 Å². The van der Waals surface area contributed by atoms with Crippen LogP contribution in [-0.4, -0.2) is 44.5 Å². The Bertz CT molecular complexity index is 563. The van der Waals surface area contributed by atoms with Crippen molar-refractivity contribution in [1.29, 1.82) is 0 Å². The van der Waals surface area contributed by atoms with E-state index in [4.69, 9.17) is 18.9 Å². The van der Waals surface area contributed by atoms with Gasteiger partial charge in [-0.05, 0) is 56.7 Å². The van der Waals surface area contributed by atoms with E-state index in [-0.39, 0.29) is 25.1 Å². The van der Waals surface area contributed by atoms with Crippen molar-refractivity contribution in [2.75, 3.05) is 26.4 Å². The maximum atomic E-state index is 11.2. The minimum absolute atomic E-state index is 0.0174. The molecule has 1 unspecified atom stereocenters. The van der Waals surface area contributed by atoms with E-state index in [2.05, 4.69) is 12.1 Å². The molecule has 1 atom stereocenters. The number of rotatable bonds is 12. The van der Waals surface area contributed by atoms with Gasteiger partial charge in [-0.1, -0.05) is 12.1 Å². The number of carbonyl (C=O) groups excluding carboxylic acids is 2. The standard InChI is InChI=1S/C21H30O6/c1-17(22)16-20(23)25-15-5-14-24-19-10-8-18(9-11-19)6-4-13-27-21-7-2-3-12-26-21/h8-11,21H,2-7,12-16H2,1H3. The Morgan fingerprint density at radius 3 is 2.59 bits per heavy atom. The van der Waals surface area contributed by atoms with Crippen molar-refractivity contribution in [1.82, 2.24) is 0 Å². The summed E-state index contributed by atoms with van der Waals surface area (Å²) in [4.78, 5) is 22.0. The molecule has 1 heterocycles. The first kappa shape index (κ1) is 21.4. The van der Waals surface area contributed by atoms with E-state index in [0.717, 1.165) is 38.0 Å². The van der Waals surface area contributed by atoms with Gasteiger partial charge in [0.1, 0.15) is 18.0 Å². The van der Waals surface area contributed by atoms with E-state index >= 15 is 0 Å². The Labute approximate surface area is 161 Å². The Kier molecular flexibility index (Phi) is 9.87. The summed E-state index contributed by atoms with van der Waals surface area (Å²) in [6.45, 7) is 3.61. The molecule has 150 valence electrons. The van der Waals surface area contributed by atoms with Crippen molar-refractivity contribution in [3.8, 4) is 5.75 Å². The molecule has 1 aromatic rings. The largest absolute Gasteiger partial charge is 0.493 e. The molecule has 1 saturated heterocycles. The number of hydrogen-bond acceptors (Lipinski definition) is 6. The first-order valence-electron chi connectivity index (χ1n) is 9.73. The second-order valence-electron chi connectivity index (χ2n) is 6.72. The highest BCUT2D eigenvalue weighted by Gasteiger charge is 2.13. The van der Waals surface area contributed by atoms with Crippen molar-refractivity contribution in [3.63, 3.8) is 0 Å². The zero-order valence-electron chi connectivity index (χ0n) is 16.1. The SMILES string of the molecule is CC(=O)CC(=O)OCCCOc1ccc(CCCOC2CCCCO2)cc1. The number of Topliss-reactive ketones (excluding diaryl/α,β-unsaturated/α-hetero) is 1. The van der Waals surface area contributed by atoms with Crippen molar-refractivity contribution < 1.29 is 28.5 Å². The summed E-state index contributed by atoms with van der Waals surface area (Å²) in [7, 11) is 0. The lowest BCUT2D eigenvalue weighted by atomic mass is 10.1. The molecule has 0 radical (unpaired) electrons. The van der Waals surface area contributed by atoms with Crippen LogP contribution in [0.2, 0.25) is 0 Å². The molecule has 0 spiro atoms. The fourth-order valence-corrected chi connectivity index (χ4v) is 2.78. The topological polar surface area (TPSA) is 71.1 Å². The van der Waals surface area contributed by atoms with Crippen LogP contribution < -0.4 is 4.74 Å². The molecule has 1 aromatic carbocycles. The third-order valence-electron chi connectivity index (χ3n) is 4.19. The summed E-state index contributed by atoms with van der Waals surface area (Å²) in [6, 6.07) is 8.00.